The van der Waals surface area contributed by atoms with Crippen LogP contribution in [0.2, 0.25) is 0 Å². The minimum Gasteiger partial charge on any atom is -0.405 e. The number of nitrogens with one attached hydrogen (secondary N) is 1. The fourth-order valence-electron chi connectivity index (χ4n) is 0.958. The molecular formula is C7H3FINO2. The number of halogens is 2. The molecular weight excluding hydrogens is 276 g/mol. The maximum absolute atomic E-state index is 13.2. The SMILES string of the molecule is O=c1[nH]c2ccc(I)c(F)c2o1. The monoisotopic (exact) mass is 279 g/mol. The third-order valence-corrected chi connectivity index (χ3v) is 2.31. The first-order chi connectivity index (χ1) is 5.68. The lowest BCUT2D eigenvalue weighted by molar-refractivity contribution is 0.521. The van der Waals surface area contributed by atoms with Gasteiger partial charge in [0.2, 0.25) is 0 Å². The Labute approximate surface area is 79.7 Å². The molecule has 0 atom stereocenters. The minimum absolute atomic E-state index is 0.00750. The van der Waals surface area contributed by atoms with Crippen LogP contribution in [0.4, 0.5) is 4.39 Å². The third kappa shape index (κ3) is 1.04. The van der Waals surface area contributed by atoms with Crippen LogP contribution in [0.5, 0.6) is 0 Å². The van der Waals surface area contributed by atoms with Gasteiger partial charge in [-0.15, -0.1) is 0 Å². The zero-order chi connectivity index (χ0) is 8.72. The van der Waals surface area contributed by atoms with E-state index in [0.29, 0.717) is 9.09 Å². The van der Waals surface area contributed by atoms with Crippen molar-refractivity contribution < 1.29 is 8.81 Å². The largest absolute Gasteiger partial charge is 0.417 e. The topological polar surface area (TPSA) is 46.0 Å². The second-order valence-electron chi connectivity index (χ2n) is 2.25. The molecule has 1 aromatic heterocycles. The van der Waals surface area contributed by atoms with Gasteiger partial charge in [0, 0.05) is 0 Å². The summed E-state index contributed by atoms with van der Waals surface area (Å²) in [5.41, 5.74) is 0.379. The Bertz CT molecular complexity index is 488. The molecule has 1 N–H and O–H groups in total. The molecule has 0 amide bonds. The second-order valence-corrected chi connectivity index (χ2v) is 3.41. The Balaban J connectivity index is 2.99. The van der Waals surface area contributed by atoms with Crippen molar-refractivity contribution in [2.75, 3.05) is 0 Å². The molecule has 0 aliphatic heterocycles. The molecule has 0 bridgehead atoms. The Hall–Kier alpha value is -0.850. The number of hydrogen-bond acceptors (Lipinski definition) is 2. The summed E-state index contributed by atoms with van der Waals surface area (Å²) in [6.07, 6.45) is 0. The Kier molecular flexibility index (Phi) is 1.67. The molecule has 1 heterocycles. The summed E-state index contributed by atoms with van der Waals surface area (Å²) in [5.74, 6) is -1.13. The maximum atomic E-state index is 13.2. The van der Waals surface area contributed by atoms with Crippen molar-refractivity contribution in [3.05, 3.63) is 32.1 Å². The molecule has 5 heteroatoms. The summed E-state index contributed by atoms with van der Waals surface area (Å²) in [4.78, 5) is 13.0. The zero-order valence-corrected chi connectivity index (χ0v) is 7.88. The number of aromatic amines is 1. The van der Waals surface area contributed by atoms with Crippen LogP contribution in [0.15, 0.2) is 21.3 Å². The van der Waals surface area contributed by atoms with Gasteiger partial charge in [-0.25, -0.2) is 9.18 Å². The van der Waals surface area contributed by atoms with E-state index < -0.39 is 11.6 Å². The van der Waals surface area contributed by atoms with E-state index in [-0.39, 0.29) is 5.58 Å². The fourth-order valence-corrected chi connectivity index (χ4v) is 1.38. The highest BCUT2D eigenvalue weighted by Gasteiger charge is 2.09. The van der Waals surface area contributed by atoms with E-state index in [1.807, 2.05) is 22.6 Å². The van der Waals surface area contributed by atoms with E-state index in [1.165, 1.54) is 0 Å². The first-order valence-electron chi connectivity index (χ1n) is 3.15. The smallest absolute Gasteiger partial charge is 0.405 e. The van der Waals surface area contributed by atoms with Crippen LogP contribution in [0, 0.1) is 9.39 Å². The first kappa shape index (κ1) is 7.78. The van der Waals surface area contributed by atoms with Crippen molar-refractivity contribution in [1.29, 1.82) is 0 Å². The van der Waals surface area contributed by atoms with Gasteiger partial charge in [-0.1, -0.05) is 0 Å². The minimum atomic E-state index is -0.633. The lowest BCUT2D eigenvalue weighted by Gasteiger charge is -1.91. The van der Waals surface area contributed by atoms with Gasteiger partial charge in [-0.05, 0) is 34.7 Å². The van der Waals surface area contributed by atoms with E-state index in [4.69, 9.17) is 0 Å². The Morgan fingerprint density at radius 3 is 3.00 bits per heavy atom. The standard InChI is InChI=1S/C7H3FINO2/c8-5-3(9)1-2-4-6(5)12-7(11)10-4/h1-2H,(H,10,11). The van der Waals surface area contributed by atoms with Gasteiger partial charge >= 0.3 is 5.76 Å². The van der Waals surface area contributed by atoms with Crippen LogP contribution in [-0.4, -0.2) is 4.98 Å². The molecule has 12 heavy (non-hydrogen) atoms. The van der Waals surface area contributed by atoms with E-state index in [0.717, 1.165) is 0 Å². The average molecular weight is 279 g/mol. The van der Waals surface area contributed by atoms with Gasteiger partial charge in [0.1, 0.15) is 0 Å². The van der Waals surface area contributed by atoms with Gasteiger partial charge in [0.25, 0.3) is 0 Å². The van der Waals surface area contributed by atoms with Crippen LogP contribution < -0.4 is 5.76 Å². The van der Waals surface area contributed by atoms with Crippen LogP contribution in [0.25, 0.3) is 11.1 Å². The Morgan fingerprint density at radius 2 is 2.25 bits per heavy atom. The Morgan fingerprint density at radius 1 is 1.50 bits per heavy atom. The molecule has 0 radical (unpaired) electrons. The van der Waals surface area contributed by atoms with Gasteiger partial charge in [0.15, 0.2) is 11.4 Å². The summed E-state index contributed by atoms with van der Waals surface area (Å²) in [5, 5.41) is 0. The molecule has 0 aliphatic carbocycles. The molecule has 62 valence electrons. The molecule has 0 saturated heterocycles. The number of rotatable bonds is 0. The van der Waals surface area contributed by atoms with Crippen LogP contribution in [0.3, 0.4) is 0 Å². The number of oxazole rings is 1. The zero-order valence-electron chi connectivity index (χ0n) is 5.73. The summed E-state index contributed by atoms with van der Waals surface area (Å²) < 4.78 is 18.2. The number of H-pyrrole nitrogens is 1. The number of aromatic nitrogens is 1. The van der Waals surface area contributed by atoms with Crippen molar-refractivity contribution >= 4 is 33.7 Å². The molecule has 0 saturated carbocycles. The third-order valence-electron chi connectivity index (χ3n) is 1.48. The summed E-state index contributed by atoms with van der Waals surface area (Å²) in [7, 11) is 0. The van der Waals surface area contributed by atoms with Crippen molar-refractivity contribution in [3.63, 3.8) is 0 Å². The normalized spacial score (nSPS) is 10.8. The van der Waals surface area contributed by atoms with Gasteiger partial charge in [-0.2, -0.15) is 0 Å². The lowest BCUT2D eigenvalue weighted by Crippen LogP contribution is -1.92. The molecule has 2 rings (SSSR count). The highest BCUT2D eigenvalue weighted by Crippen LogP contribution is 2.19. The van der Waals surface area contributed by atoms with E-state index in [1.54, 1.807) is 12.1 Å². The molecule has 0 unspecified atom stereocenters. The molecule has 2 aromatic rings. The summed E-state index contributed by atoms with van der Waals surface area (Å²) in [6.45, 7) is 0. The van der Waals surface area contributed by atoms with Crippen LogP contribution >= 0.6 is 22.6 Å². The molecule has 3 nitrogen and oxygen atoms in total. The molecule has 1 aromatic carbocycles. The van der Waals surface area contributed by atoms with E-state index in [9.17, 15) is 9.18 Å². The lowest BCUT2D eigenvalue weighted by atomic mass is 10.3. The van der Waals surface area contributed by atoms with Gasteiger partial charge in [0.05, 0.1) is 9.09 Å². The van der Waals surface area contributed by atoms with Crippen molar-refractivity contribution in [2.24, 2.45) is 0 Å². The van der Waals surface area contributed by atoms with E-state index in [2.05, 4.69) is 9.40 Å². The van der Waals surface area contributed by atoms with Crippen LogP contribution in [-0.2, 0) is 0 Å². The van der Waals surface area contributed by atoms with Crippen molar-refractivity contribution in [3.8, 4) is 0 Å². The van der Waals surface area contributed by atoms with Gasteiger partial charge in [-0.3, -0.25) is 4.98 Å². The maximum Gasteiger partial charge on any atom is 0.417 e. The quantitative estimate of drug-likeness (QED) is 0.748. The molecule has 0 spiro atoms. The average Bonchev–Trinajstić information content (AvgIpc) is 2.39. The number of benzene rings is 1. The van der Waals surface area contributed by atoms with Crippen LogP contribution in [0.1, 0.15) is 0 Å². The predicted octanol–water partition coefficient (Wildman–Crippen LogP) is 1.86. The highest BCUT2D eigenvalue weighted by atomic mass is 127. The van der Waals surface area contributed by atoms with Crippen molar-refractivity contribution in [2.45, 2.75) is 0 Å². The predicted molar refractivity (Wildman–Crippen MR) is 49.5 cm³/mol. The first-order valence-corrected chi connectivity index (χ1v) is 4.23. The number of fused-ring (bicyclic) bond motifs is 1. The summed E-state index contributed by atoms with van der Waals surface area (Å²) in [6, 6.07) is 3.18. The highest BCUT2D eigenvalue weighted by molar-refractivity contribution is 14.1. The molecule has 0 fully saturated rings. The van der Waals surface area contributed by atoms with E-state index >= 15 is 0 Å². The number of hydrogen-bond donors (Lipinski definition) is 1. The summed E-state index contributed by atoms with van der Waals surface area (Å²) >= 11 is 1.83. The van der Waals surface area contributed by atoms with Crippen molar-refractivity contribution in [1.82, 2.24) is 4.98 Å². The fraction of sp³-hybridized carbons (Fsp3) is 0. The second kappa shape index (κ2) is 2.58. The van der Waals surface area contributed by atoms with Gasteiger partial charge < -0.3 is 4.42 Å². The molecule has 0 aliphatic rings.